The molecular formula is C18H22N4O6S3. The summed E-state index contributed by atoms with van der Waals surface area (Å²) in [6.45, 7) is 3.00. The number of hydrogen-bond acceptors (Lipinski definition) is 8. The highest BCUT2D eigenvalue weighted by Crippen LogP contribution is 2.25. The predicted octanol–water partition coefficient (Wildman–Crippen LogP) is 0.869. The first-order chi connectivity index (χ1) is 14.6. The maximum absolute atomic E-state index is 12.6. The molecule has 1 fully saturated rings. The van der Waals surface area contributed by atoms with Crippen molar-refractivity contribution < 1.29 is 26.4 Å². The topological polar surface area (TPSA) is 149 Å². The number of sulfonamides is 2. The fraction of sp³-hybridized carbons (Fsp3) is 0.333. The first-order valence-electron chi connectivity index (χ1n) is 9.22. The summed E-state index contributed by atoms with van der Waals surface area (Å²) in [6, 6.07) is 8.52. The fourth-order valence-corrected chi connectivity index (χ4v) is 5.39. The lowest BCUT2D eigenvalue weighted by molar-refractivity contribution is -0.115. The van der Waals surface area contributed by atoms with Crippen LogP contribution in [0.15, 0.2) is 57.4 Å². The van der Waals surface area contributed by atoms with Gasteiger partial charge >= 0.3 is 0 Å². The van der Waals surface area contributed by atoms with E-state index in [1.54, 1.807) is 13.0 Å². The van der Waals surface area contributed by atoms with Crippen molar-refractivity contribution in [3.8, 4) is 0 Å². The van der Waals surface area contributed by atoms with Gasteiger partial charge in [-0.05, 0) is 43.3 Å². The molecule has 0 radical (unpaired) electrons. The summed E-state index contributed by atoms with van der Waals surface area (Å²) in [6.07, 6.45) is 1.28. The zero-order valence-electron chi connectivity index (χ0n) is 16.6. The van der Waals surface area contributed by atoms with Gasteiger partial charge in [0.25, 0.3) is 0 Å². The highest BCUT2D eigenvalue weighted by atomic mass is 32.2. The molecule has 1 aliphatic heterocycles. The summed E-state index contributed by atoms with van der Waals surface area (Å²) in [5.74, 6) is -0.319. The van der Waals surface area contributed by atoms with Crippen LogP contribution in [0.5, 0.6) is 0 Å². The van der Waals surface area contributed by atoms with Crippen LogP contribution in [0.1, 0.15) is 6.92 Å². The third-order valence-corrected chi connectivity index (χ3v) is 8.30. The van der Waals surface area contributed by atoms with Crippen molar-refractivity contribution in [1.29, 1.82) is 0 Å². The number of hydrogen-bond donors (Lipinski definition) is 2. The molecule has 1 amide bonds. The number of morpholine rings is 1. The van der Waals surface area contributed by atoms with E-state index in [1.165, 1.54) is 52.6 Å². The van der Waals surface area contributed by atoms with Crippen LogP contribution in [-0.4, -0.2) is 63.6 Å². The van der Waals surface area contributed by atoms with E-state index in [9.17, 15) is 21.6 Å². The summed E-state index contributed by atoms with van der Waals surface area (Å²) in [5, 5.41) is 7.69. The Labute approximate surface area is 185 Å². The number of ether oxygens (including phenoxy) is 1. The molecule has 0 spiro atoms. The van der Waals surface area contributed by atoms with Crippen LogP contribution < -0.4 is 10.5 Å². The molecule has 1 saturated heterocycles. The van der Waals surface area contributed by atoms with Gasteiger partial charge in [-0.1, -0.05) is 11.8 Å². The number of carbonyl (C=O) groups excluding carboxylic acids is 1. The van der Waals surface area contributed by atoms with Crippen LogP contribution in [-0.2, 0) is 29.6 Å². The van der Waals surface area contributed by atoms with Crippen molar-refractivity contribution in [2.75, 3.05) is 31.6 Å². The van der Waals surface area contributed by atoms with E-state index in [4.69, 9.17) is 9.88 Å². The van der Waals surface area contributed by atoms with Gasteiger partial charge in [-0.15, -0.1) is 0 Å². The second kappa shape index (κ2) is 9.63. The van der Waals surface area contributed by atoms with Crippen molar-refractivity contribution in [2.24, 2.45) is 5.14 Å². The molecule has 3 rings (SSSR count). The predicted molar refractivity (Wildman–Crippen MR) is 116 cm³/mol. The number of anilines is 1. The van der Waals surface area contributed by atoms with Crippen molar-refractivity contribution >= 4 is 43.4 Å². The lowest BCUT2D eigenvalue weighted by Gasteiger charge is -2.25. The van der Waals surface area contributed by atoms with Crippen LogP contribution in [0, 0.1) is 0 Å². The highest BCUT2D eigenvalue weighted by Gasteiger charge is 2.26. The van der Waals surface area contributed by atoms with Crippen LogP contribution in [0.2, 0.25) is 0 Å². The summed E-state index contributed by atoms with van der Waals surface area (Å²) in [5.41, 5.74) is 0.421. The SMILES string of the molecule is CC(Sc1ccc(S(=O)(=O)N2CCOCC2)cn1)C(=O)Nc1ccc(S(N)(=O)=O)cc1. The molecule has 3 N–H and O–H groups in total. The minimum absolute atomic E-state index is 0.0516. The third kappa shape index (κ3) is 6.02. The molecular weight excluding hydrogens is 464 g/mol. The molecule has 0 bridgehead atoms. The van der Waals surface area contributed by atoms with Crippen molar-refractivity contribution in [3.05, 3.63) is 42.6 Å². The van der Waals surface area contributed by atoms with Crippen molar-refractivity contribution in [2.45, 2.75) is 27.0 Å². The number of nitrogens with one attached hydrogen (secondary N) is 1. The summed E-state index contributed by atoms with van der Waals surface area (Å²) in [7, 11) is -7.43. The molecule has 31 heavy (non-hydrogen) atoms. The van der Waals surface area contributed by atoms with Crippen LogP contribution in [0.25, 0.3) is 0 Å². The minimum atomic E-state index is -3.80. The molecule has 1 aromatic heterocycles. The van der Waals surface area contributed by atoms with Crippen molar-refractivity contribution in [1.82, 2.24) is 9.29 Å². The van der Waals surface area contributed by atoms with Crippen LogP contribution in [0.3, 0.4) is 0 Å². The molecule has 0 aliphatic carbocycles. The molecule has 10 nitrogen and oxygen atoms in total. The van der Waals surface area contributed by atoms with E-state index in [0.29, 0.717) is 37.0 Å². The van der Waals surface area contributed by atoms with Crippen molar-refractivity contribution in [3.63, 3.8) is 0 Å². The lowest BCUT2D eigenvalue weighted by Crippen LogP contribution is -2.40. The van der Waals surface area contributed by atoms with E-state index in [-0.39, 0.29) is 15.7 Å². The second-order valence-corrected chi connectivity index (χ2v) is 11.5. The number of aromatic nitrogens is 1. The van der Waals surface area contributed by atoms with E-state index in [2.05, 4.69) is 10.3 Å². The van der Waals surface area contributed by atoms with Gasteiger partial charge in [0.2, 0.25) is 26.0 Å². The molecule has 1 aliphatic rings. The molecule has 2 heterocycles. The maximum Gasteiger partial charge on any atom is 0.244 e. The zero-order valence-corrected chi connectivity index (χ0v) is 19.0. The molecule has 1 unspecified atom stereocenters. The fourth-order valence-electron chi connectivity index (χ4n) is 2.73. The smallest absolute Gasteiger partial charge is 0.244 e. The third-order valence-electron chi connectivity index (χ3n) is 4.43. The van der Waals surface area contributed by atoms with Gasteiger partial charge in [0.15, 0.2) is 0 Å². The number of carbonyl (C=O) groups is 1. The Balaban J connectivity index is 1.61. The molecule has 13 heteroatoms. The highest BCUT2D eigenvalue weighted by molar-refractivity contribution is 8.00. The molecule has 2 aromatic rings. The van der Waals surface area contributed by atoms with Gasteiger partial charge in [0.1, 0.15) is 4.90 Å². The van der Waals surface area contributed by atoms with Gasteiger partial charge in [0.05, 0.1) is 28.4 Å². The van der Waals surface area contributed by atoms with Crippen LogP contribution in [0.4, 0.5) is 5.69 Å². The summed E-state index contributed by atoms with van der Waals surface area (Å²) in [4.78, 5) is 16.6. The van der Waals surface area contributed by atoms with Gasteiger partial charge in [-0.25, -0.2) is 27.0 Å². The Morgan fingerprint density at radius 1 is 1.10 bits per heavy atom. The number of amides is 1. The van der Waals surface area contributed by atoms with E-state index in [0.717, 1.165) is 0 Å². The average Bonchev–Trinajstić information content (AvgIpc) is 2.74. The summed E-state index contributed by atoms with van der Waals surface area (Å²) < 4.78 is 54.4. The molecule has 1 atom stereocenters. The van der Waals surface area contributed by atoms with Gasteiger partial charge in [-0.3, -0.25) is 4.79 Å². The number of nitrogens with two attached hydrogens (primary N) is 1. The Morgan fingerprint density at radius 2 is 1.71 bits per heavy atom. The number of rotatable bonds is 7. The van der Waals surface area contributed by atoms with E-state index in [1.807, 2.05) is 0 Å². The zero-order chi connectivity index (χ0) is 22.6. The van der Waals surface area contributed by atoms with Gasteiger partial charge < -0.3 is 10.1 Å². The average molecular weight is 487 g/mol. The second-order valence-electron chi connectivity index (χ2n) is 6.67. The number of thioether (sulfide) groups is 1. The Morgan fingerprint density at radius 3 is 2.26 bits per heavy atom. The lowest BCUT2D eigenvalue weighted by atomic mass is 10.3. The molecule has 1 aromatic carbocycles. The normalized spacial score (nSPS) is 16.6. The van der Waals surface area contributed by atoms with E-state index >= 15 is 0 Å². The number of benzene rings is 1. The van der Waals surface area contributed by atoms with E-state index < -0.39 is 25.3 Å². The Bertz CT molecular complexity index is 1130. The molecule has 168 valence electrons. The largest absolute Gasteiger partial charge is 0.379 e. The number of pyridine rings is 1. The minimum Gasteiger partial charge on any atom is -0.379 e. The summed E-state index contributed by atoms with van der Waals surface area (Å²) >= 11 is 1.17. The van der Waals surface area contributed by atoms with Crippen LogP contribution >= 0.6 is 11.8 Å². The number of nitrogens with zero attached hydrogens (tertiary/aromatic N) is 2. The van der Waals surface area contributed by atoms with Gasteiger partial charge in [-0.2, -0.15) is 4.31 Å². The quantitative estimate of drug-likeness (QED) is 0.548. The Hall–Kier alpha value is -2.03. The van der Waals surface area contributed by atoms with Gasteiger partial charge in [0, 0.05) is 25.0 Å². The number of primary sulfonamides is 1. The monoisotopic (exact) mass is 486 g/mol. The standard InChI is InChI=1S/C18H22N4O6S3/c1-13(18(23)21-14-2-4-15(5-3-14)30(19,24)25)29-17-7-6-16(12-20-17)31(26,27)22-8-10-28-11-9-22/h2-7,12-13H,8-11H2,1H3,(H,21,23)(H2,19,24,25). The Kier molecular flexibility index (Phi) is 7.34. The first-order valence-corrected chi connectivity index (χ1v) is 13.1. The first kappa shape index (κ1) is 23.6. The molecule has 0 saturated carbocycles. The maximum atomic E-state index is 12.6.